The second-order valence-corrected chi connectivity index (χ2v) is 6.26. The maximum Gasteiger partial charge on any atom is 0.311 e. The van der Waals surface area contributed by atoms with Gasteiger partial charge in [-0.15, -0.1) is 0 Å². The minimum atomic E-state index is -0.532. The van der Waals surface area contributed by atoms with E-state index in [9.17, 15) is 14.4 Å². The Labute approximate surface area is 142 Å². The fraction of sp³-hybridized carbons (Fsp3) is 0.500. The van der Waals surface area contributed by atoms with Gasteiger partial charge in [0, 0.05) is 24.7 Å². The van der Waals surface area contributed by atoms with Crippen LogP contribution in [0.5, 0.6) is 0 Å². The van der Waals surface area contributed by atoms with Gasteiger partial charge >= 0.3 is 5.97 Å². The van der Waals surface area contributed by atoms with Gasteiger partial charge < -0.3 is 15.0 Å². The highest BCUT2D eigenvalue weighted by Crippen LogP contribution is 2.26. The molecule has 6 heteroatoms. The molecule has 24 heavy (non-hydrogen) atoms. The van der Waals surface area contributed by atoms with Crippen LogP contribution in [0, 0.1) is 5.92 Å². The number of carbonyl (C=O) groups excluding carboxylic acids is 3. The smallest absolute Gasteiger partial charge is 0.311 e. The monoisotopic (exact) mass is 332 g/mol. The normalized spacial score (nSPS) is 17.2. The fourth-order valence-electron chi connectivity index (χ4n) is 2.64. The highest BCUT2D eigenvalue weighted by atomic mass is 16.5. The first kappa shape index (κ1) is 18.0. The number of anilines is 1. The Bertz CT molecular complexity index is 610. The molecular weight excluding hydrogens is 308 g/mol. The van der Waals surface area contributed by atoms with E-state index in [0.29, 0.717) is 0 Å². The van der Waals surface area contributed by atoms with E-state index in [1.807, 2.05) is 38.1 Å². The van der Waals surface area contributed by atoms with Crippen LogP contribution >= 0.6 is 0 Å². The second kappa shape index (κ2) is 7.95. The number of benzene rings is 1. The molecular formula is C18H24N2O4. The van der Waals surface area contributed by atoms with E-state index in [2.05, 4.69) is 12.2 Å². The van der Waals surface area contributed by atoms with Crippen molar-refractivity contribution in [3.63, 3.8) is 0 Å². The minimum Gasteiger partial charge on any atom is -0.455 e. The van der Waals surface area contributed by atoms with Gasteiger partial charge in [0.2, 0.25) is 5.91 Å². The summed E-state index contributed by atoms with van der Waals surface area (Å²) >= 11 is 0. The van der Waals surface area contributed by atoms with Crippen molar-refractivity contribution in [3.8, 4) is 0 Å². The Morgan fingerprint density at radius 1 is 1.29 bits per heavy atom. The predicted molar refractivity (Wildman–Crippen MR) is 90.5 cm³/mol. The van der Waals surface area contributed by atoms with E-state index in [1.54, 1.807) is 4.90 Å². The van der Waals surface area contributed by atoms with E-state index < -0.39 is 11.9 Å². The first-order chi connectivity index (χ1) is 11.4. The minimum absolute atomic E-state index is 0.00848. The van der Waals surface area contributed by atoms with Crippen molar-refractivity contribution in [2.75, 3.05) is 18.1 Å². The zero-order valence-corrected chi connectivity index (χ0v) is 14.4. The third-order valence-electron chi connectivity index (χ3n) is 3.91. The van der Waals surface area contributed by atoms with Gasteiger partial charge in [-0.2, -0.15) is 0 Å². The molecule has 1 atom stereocenters. The Hall–Kier alpha value is -2.37. The third-order valence-corrected chi connectivity index (χ3v) is 3.91. The molecule has 0 radical (unpaired) electrons. The van der Waals surface area contributed by atoms with Crippen LogP contribution in [0.4, 0.5) is 5.69 Å². The summed E-state index contributed by atoms with van der Waals surface area (Å²) in [7, 11) is 0. The van der Waals surface area contributed by atoms with E-state index in [0.717, 1.165) is 12.1 Å². The largest absolute Gasteiger partial charge is 0.455 e. The van der Waals surface area contributed by atoms with Gasteiger partial charge in [-0.05, 0) is 38.0 Å². The molecule has 1 aromatic carbocycles. The molecule has 0 aromatic heterocycles. The van der Waals surface area contributed by atoms with E-state index >= 15 is 0 Å². The summed E-state index contributed by atoms with van der Waals surface area (Å²) in [6.07, 6.45) is 1.04. The predicted octanol–water partition coefficient (Wildman–Crippen LogP) is 1.67. The molecule has 1 aliphatic rings. The molecule has 0 unspecified atom stereocenters. The number of aryl methyl sites for hydroxylation is 1. The molecule has 6 nitrogen and oxygen atoms in total. The van der Waals surface area contributed by atoms with Crippen LogP contribution in [0.3, 0.4) is 0 Å². The zero-order valence-electron chi connectivity index (χ0n) is 14.4. The molecule has 1 N–H and O–H groups in total. The Balaban J connectivity index is 1.91. The van der Waals surface area contributed by atoms with Crippen molar-refractivity contribution in [3.05, 3.63) is 29.8 Å². The number of nitrogens with zero attached hydrogens (tertiary/aromatic N) is 1. The molecule has 0 spiro atoms. The van der Waals surface area contributed by atoms with Crippen molar-refractivity contribution < 1.29 is 19.1 Å². The summed E-state index contributed by atoms with van der Waals surface area (Å²) in [6.45, 7) is 5.70. The number of ether oxygens (including phenoxy) is 1. The fourth-order valence-corrected chi connectivity index (χ4v) is 2.64. The number of carbonyl (C=O) groups is 3. The van der Waals surface area contributed by atoms with Gasteiger partial charge in [0.05, 0.1) is 5.92 Å². The molecule has 2 amide bonds. The first-order valence-electron chi connectivity index (χ1n) is 8.26. The number of nitrogens with one attached hydrogen (secondary N) is 1. The van der Waals surface area contributed by atoms with Crippen LogP contribution in [0.25, 0.3) is 0 Å². The third kappa shape index (κ3) is 4.57. The Morgan fingerprint density at radius 3 is 2.54 bits per heavy atom. The number of hydrogen-bond donors (Lipinski definition) is 1. The van der Waals surface area contributed by atoms with Crippen LogP contribution in [0.2, 0.25) is 0 Å². The molecule has 1 saturated heterocycles. The van der Waals surface area contributed by atoms with Crippen LogP contribution in [-0.2, 0) is 25.5 Å². The van der Waals surface area contributed by atoms with Gasteiger partial charge in [0.1, 0.15) is 0 Å². The lowest BCUT2D eigenvalue weighted by atomic mass is 10.1. The topological polar surface area (TPSA) is 75.7 Å². The van der Waals surface area contributed by atoms with Crippen molar-refractivity contribution in [2.45, 2.75) is 39.7 Å². The maximum absolute atomic E-state index is 12.2. The van der Waals surface area contributed by atoms with Gasteiger partial charge in [0.15, 0.2) is 6.61 Å². The maximum atomic E-state index is 12.2. The second-order valence-electron chi connectivity index (χ2n) is 6.26. The molecule has 130 valence electrons. The van der Waals surface area contributed by atoms with Crippen LogP contribution < -0.4 is 10.2 Å². The number of amides is 2. The van der Waals surface area contributed by atoms with E-state index in [1.165, 1.54) is 5.56 Å². The summed E-state index contributed by atoms with van der Waals surface area (Å²) in [5.74, 6) is -1.48. The lowest BCUT2D eigenvalue weighted by Gasteiger charge is -2.17. The lowest BCUT2D eigenvalue weighted by molar-refractivity contribution is -0.152. The summed E-state index contributed by atoms with van der Waals surface area (Å²) in [5.41, 5.74) is 1.97. The molecule has 1 aliphatic heterocycles. The van der Waals surface area contributed by atoms with Crippen molar-refractivity contribution >= 4 is 23.5 Å². The zero-order chi connectivity index (χ0) is 17.7. The molecule has 2 rings (SSSR count). The summed E-state index contributed by atoms with van der Waals surface area (Å²) in [5, 5.41) is 2.65. The molecule has 0 aliphatic carbocycles. The molecule has 0 saturated carbocycles. The van der Waals surface area contributed by atoms with Crippen LogP contribution in [0.1, 0.15) is 32.8 Å². The molecule has 1 fully saturated rings. The molecule has 1 aromatic rings. The van der Waals surface area contributed by atoms with Crippen LogP contribution in [-0.4, -0.2) is 37.0 Å². The summed E-state index contributed by atoms with van der Waals surface area (Å²) in [4.78, 5) is 37.4. The molecule has 0 bridgehead atoms. The van der Waals surface area contributed by atoms with Crippen LogP contribution in [0.15, 0.2) is 24.3 Å². The summed E-state index contributed by atoms with van der Waals surface area (Å²) < 4.78 is 5.03. The Kier molecular flexibility index (Phi) is 5.95. The lowest BCUT2D eigenvalue weighted by Crippen LogP contribution is -2.35. The quantitative estimate of drug-likeness (QED) is 0.804. The van der Waals surface area contributed by atoms with Crippen molar-refractivity contribution in [2.24, 2.45) is 5.92 Å². The SMILES string of the molecule is CCc1ccc(N2C[C@@H](C(=O)OCC(=O)NC(C)C)CC2=O)cc1. The average Bonchev–Trinajstić information content (AvgIpc) is 2.94. The van der Waals surface area contributed by atoms with Gasteiger partial charge in [-0.25, -0.2) is 0 Å². The standard InChI is InChI=1S/C18H24N2O4/c1-4-13-5-7-15(8-6-13)20-10-14(9-17(20)22)18(23)24-11-16(21)19-12(2)3/h5-8,12,14H,4,9-11H2,1-3H3,(H,19,21)/t14-/m0/s1. The van der Waals surface area contributed by atoms with Gasteiger partial charge in [-0.3, -0.25) is 14.4 Å². The van der Waals surface area contributed by atoms with Crippen molar-refractivity contribution in [1.82, 2.24) is 5.32 Å². The number of esters is 1. The van der Waals surface area contributed by atoms with Crippen molar-refractivity contribution in [1.29, 1.82) is 0 Å². The van der Waals surface area contributed by atoms with Gasteiger partial charge in [0.25, 0.3) is 5.91 Å². The highest BCUT2D eigenvalue weighted by molar-refractivity contribution is 5.99. The summed E-state index contributed by atoms with van der Waals surface area (Å²) in [6, 6.07) is 7.72. The number of hydrogen-bond acceptors (Lipinski definition) is 4. The number of rotatable bonds is 6. The van der Waals surface area contributed by atoms with E-state index in [4.69, 9.17) is 4.74 Å². The first-order valence-corrected chi connectivity index (χ1v) is 8.26. The van der Waals surface area contributed by atoms with E-state index in [-0.39, 0.29) is 37.4 Å². The average molecular weight is 332 g/mol. The van der Waals surface area contributed by atoms with Gasteiger partial charge in [-0.1, -0.05) is 19.1 Å². The Morgan fingerprint density at radius 2 is 1.96 bits per heavy atom. The highest BCUT2D eigenvalue weighted by Gasteiger charge is 2.36. The molecule has 1 heterocycles.